The fourth-order valence-corrected chi connectivity index (χ4v) is 9.43. The van der Waals surface area contributed by atoms with Crippen LogP contribution in [0.1, 0.15) is 90.4 Å². The van der Waals surface area contributed by atoms with Crippen molar-refractivity contribution in [1.29, 1.82) is 0 Å². The third-order valence-corrected chi connectivity index (χ3v) is 12.9. The Hall–Kier alpha value is -4.77. The van der Waals surface area contributed by atoms with Gasteiger partial charge in [0.05, 0.1) is 29.3 Å². The summed E-state index contributed by atoms with van der Waals surface area (Å²) in [5.74, 6) is -1.78. The largest absolute Gasteiger partial charge is 0.495 e. The number of thiazole rings is 1. The van der Waals surface area contributed by atoms with Gasteiger partial charge in [0.2, 0.25) is 17.7 Å². The van der Waals surface area contributed by atoms with Crippen LogP contribution in [0.5, 0.6) is 11.5 Å². The van der Waals surface area contributed by atoms with Gasteiger partial charge in [-0.15, -0.1) is 11.3 Å². The molecule has 4 heterocycles. The summed E-state index contributed by atoms with van der Waals surface area (Å²) in [6.07, 6.45) is 10.4. The molecule has 7 rings (SSSR count). The summed E-state index contributed by atoms with van der Waals surface area (Å²) >= 11 is 4.90. The summed E-state index contributed by atoms with van der Waals surface area (Å²) in [6.45, 7) is 1.91. The number of pyridine rings is 1. The number of nitrogens with zero attached hydrogens (tertiary/aromatic N) is 3. The highest BCUT2D eigenvalue weighted by atomic mass is 79.9. The van der Waals surface area contributed by atoms with E-state index >= 15 is 0 Å². The molecular weight excluding hydrogens is 832 g/mol. The zero-order valence-electron chi connectivity index (χ0n) is 32.6. The van der Waals surface area contributed by atoms with Crippen molar-refractivity contribution in [2.45, 2.75) is 120 Å². The number of carbonyl (C=O) groups excluding carboxylic acids is 4. The first-order valence-corrected chi connectivity index (χ1v) is 21.8. The summed E-state index contributed by atoms with van der Waals surface area (Å²) in [4.78, 5) is 77.8. The molecule has 0 radical (unpaired) electrons. The van der Waals surface area contributed by atoms with Crippen LogP contribution in [0.3, 0.4) is 0 Å². The number of hydrogen-bond acceptors (Lipinski definition) is 11. The number of methoxy groups -OCH3 is 1. The number of aliphatic carboxylic acids is 1. The molecule has 310 valence electrons. The number of halogens is 1. The number of ether oxygens (including phenoxy) is 3. The minimum atomic E-state index is -1.48. The van der Waals surface area contributed by atoms with Gasteiger partial charge in [0.1, 0.15) is 47.0 Å². The minimum absolute atomic E-state index is 0.0169. The van der Waals surface area contributed by atoms with Crippen LogP contribution in [0.25, 0.3) is 22.3 Å². The molecule has 2 saturated carbocycles. The molecule has 2 aromatic heterocycles. The molecule has 4 N–H and O–H groups in total. The smallest absolute Gasteiger partial charge is 0.408 e. The van der Waals surface area contributed by atoms with Crippen LogP contribution < -0.4 is 25.4 Å². The van der Waals surface area contributed by atoms with Crippen molar-refractivity contribution in [3.8, 4) is 22.9 Å². The van der Waals surface area contributed by atoms with Gasteiger partial charge in [-0.3, -0.25) is 14.4 Å². The van der Waals surface area contributed by atoms with Crippen molar-refractivity contribution in [3.63, 3.8) is 0 Å². The molecule has 2 aliphatic heterocycles. The first kappa shape index (κ1) is 41.4. The Labute approximate surface area is 348 Å². The van der Waals surface area contributed by atoms with E-state index in [0.29, 0.717) is 69.1 Å². The zero-order valence-corrected chi connectivity index (χ0v) is 35.0. The molecule has 0 bridgehead atoms. The summed E-state index contributed by atoms with van der Waals surface area (Å²) in [7, 11) is 1.55. The molecule has 2 aliphatic carbocycles. The van der Waals surface area contributed by atoms with E-state index in [9.17, 15) is 29.1 Å². The third kappa shape index (κ3) is 9.09. The van der Waals surface area contributed by atoms with E-state index in [1.165, 1.54) is 16.2 Å². The molecule has 4 aliphatic rings. The van der Waals surface area contributed by atoms with Crippen molar-refractivity contribution in [1.82, 2.24) is 25.5 Å². The van der Waals surface area contributed by atoms with Crippen LogP contribution in [0.15, 0.2) is 40.2 Å². The van der Waals surface area contributed by atoms with E-state index in [0.717, 1.165) is 44.9 Å². The Bertz CT molecular complexity index is 2090. The van der Waals surface area contributed by atoms with Gasteiger partial charge in [-0.05, 0) is 85.9 Å². The summed E-state index contributed by atoms with van der Waals surface area (Å²) in [6, 6.07) is 3.25. The molecule has 15 nitrogen and oxygen atoms in total. The number of carboxylic acid groups (broad SMARTS) is 1. The Morgan fingerprint density at radius 3 is 2.60 bits per heavy atom. The third-order valence-electron chi connectivity index (χ3n) is 11.3. The first-order chi connectivity index (χ1) is 28.0. The number of benzene rings is 1. The molecular formula is C41H49BrN6O9S. The van der Waals surface area contributed by atoms with Gasteiger partial charge in [-0.1, -0.05) is 31.9 Å². The van der Waals surface area contributed by atoms with E-state index in [1.807, 2.05) is 25.1 Å². The van der Waals surface area contributed by atoms with Gasteiger partial charge in [0.15, 0.2) is 5.13 Å². The number of alkyl carbamates (subject to hydrolysis) is 1. The predicted molar refractivity (Wildman–Crippen MR) is 220 cm³/mol. The molecule has 1 saturated heterocycles. The quantitative estimate of drug-likeness (QED) is 0.158. The molecule has 1 aromatic carbocycles. The number of anilines is 1. The van der Waals surface area contributed by atoms with E-state index in [4.69, 9.17) is 19.2 Å². The van der Waals surface area contributed by atoms with E-state index in [-0.39, 0.29) is 37.3 Å². The lowest BCUT2D eigenvalue weighted by molar-refractivity contribution is -0.145. The summed E-state index contributed by atoms with van der Waals surface area (Å²) in [5, 5.41) is 21.6. The second-order valence-electron chi connectivity index (χ2n) is 15.5. The molecule has 58 heavy (non-hydrogen) atoms. The molecule has 3 fully saturated rings. The standard InChI is InChI=1S/C41H49BrN6O9S/c1-3-11-33(49)46-39-44-29(22-58-39)28-19-32(26-16-17-31(55-2)34(42)35(26)43-28)56-25-18-30-36(50)47-41(38(52)53)20-23(41)12-7-5-4-6-8-15-27(37(51)48(30)21-25)45-40(54)57-24-13-9-10-14-24/h7,12,16-17,19,22-25,27,30H,3-6,8-11,13-15,18,20-21H2,1-2H3,(H,45,54)(H,47,50)(H,52,53)(H,44,46,49)/b12-7-/t23-,25+,27-,30-,41+/m0/s1. The second kappa shape index (κ2) is 18.0. The van der Waals surface area contributed by atoms with Gasteiger partial charge >= 0.3 is 12.1 Å². The minimum Gasteiger partial charge on any atom is -0.495 e. The van der Waals surface area contributed by atoms with E-state index < -0.39 is 47.6 Å². The number of aromatic nitrogens is 2. The number of carbonyl (C=O) groups is 5. The average molecular weight is 882 g/mol. The Balaban J connectivity index is 1.21. The number of nitrogens with one attached hydrogen (secondary N) is 3. The molecule has 0 unspecified atom stereocenters. The average Bonchev–Trinajstić information content (AvgIpc) is 3.62. The number of fused-ring (bicyclic) bond motifs is 3. The van der Waals surface area contributed by atoms with Crippen molar-refractivity contribution in [2.24, 2.45) is 5.92 Å². The Morgan fingerprint density at radius 2 is 1.84 bits per heavy atom. The van der Waals surface area contributed by atoms with Gasteiger partial charge < -0.3 is 40.2 Å². The number of allylic oxidation sites excluding steroid dienone is 1. The van der Waals surface area contributed by atoms with Crippen LogP contribution in [0.4, 0.5) is 9.93 Å². The Kier molecular flexibility index (Phi) is 12.9. The van der Waals surface area contributed by atoms with Crippen molar-refractivity contribution >= 4 is 73.1 Å². The maximum absolute atomic E-state index is 14.6. The van der Waals surface area contributed by atoms with Gasteiger partial charge in [-0.2, -0.15) is 0 Å². The lowest BCUT2D eigenvalue weighted by Crippen LogP contribution is -2.56. The number of amides is 4. The first-order valence-electron chi connectivity index (χ1n) is 20.1. The molecule has 4 amide bonds. The van der Waals surface area contributed by atoms with E-state index in [2.05, 4.69) is 36.9 Å². The highest BCUT2D eigenvalue weighted by Crippen LogP contribution is 2.46. The Morgan fingerprint density at radius 1 is 1.05 bits per heavy atom. The number of carboxylic acids is 1. The van der Waals surface area contributed by atoms with Crippen molar-refractivity contribution in [2.75, 3.05) is 19.0 Å². The highest BCUT2D eigenvalue weighted by Gasteiger charge is 2.61. The lowest BCUT2D eigenvalue weighted by atomic mass is 10.0. The summed E-state index contributed by atoms with van der Waals surface area (Å²) < 4.78 is 18.5. The second-order valence-corrected chi connectivity index (χ2v) is 17.1. The monoisotopic (exact) mass is 880 g/mol. The van der Waals surface area contributed by atoms with Gasteiger partial charge in [-0.25, -0.2) is 19.6 Å². The predicted octanol–water partition coefficient (Wildman–Crippen LogP) is 6.73. The van der Waals surface area contributed by atoms with Crippen LogP contribution in [0, 0.1) is 5.92 Å². The number of rotatable bonds is 10. The van der Waals surface area contributed by atoms with Crippen molar-refractivity contribution in [3.05, 3.63) is 40.2 Å². The molecule has 3 aromatic rings. The van der Waals surface area contributed by atoms with Crippen LogP contribution >= 0.6 is 27.3 Å². The maximum atomic E-state index is 14.6. The number of hydrogen-bond donors (Lipinski definition) is 4. The van der Waals surface area contributed by atoms with Crippen molar-refractivity contribution < 1.29 is 43.3 Å². The molecule has 17 heteroatoms. The fourth-order valence-electron chi connectivity index (χ4n) is 8.11. The van der Waals surface area contributed by atoms with Crippen LogP contribution in [-0.2, 0) is 23.9 Å². The SMILES string of the molecule is CCCC(=O)Nc1nc(-c2cc(O[C@@H]3C[C@H]4C(=O)N[C@]5(C(=O)O)C[C@@H]5/C=C\CCCCC[C@H](NC(=O)OC5CCCC5)C(=O)N4C3)c3ccc(OC)c(Br)c3n2)cs1. The van der Waals surface area contributed by atoms with Crippen LogP contribution in [-0.4, -0.2) is 93.2 Å². The van der Waals surface area contributed by atoms with Gasteiger partial charge in [0.25, 0.3) is 0 Å². The maximum Gasteiger partial charge on any atom is 0.408 e. The fraction of sp³-hybridized carbons (Fsp3) is 0.537. The lowest BCUT2D eigenvalue weighted by Gasteiger charge is -2.29. The molecule has 5 atom stereocenters. The highest BCUT2D eigenvalue weighted by molar-refractivity contribution is 9.10. The topological polar surface area (TPSA) is 198 Å². The summed E-state index contributed by atoms with van der Waals surface area (Å²) in [5.41, 5.74) is -0.0167. The van der Waals surface area contributed by atoms with Crippen LogP contribution in [0.2, 0.25) is 0 Å². The zero-order chi connectivity index (χ0) is 41.0. The van der Waals surface area contributed by atoms with Gasteiger partial charge in [0, 0.05) is 35.6 Å². The normalized spacial score (nSPS) is 25.7. The van der Waals surface area contributed by atoms with E-state index in [1.54, 1.807) is 24.6 Å². The molecule has 0 spiro atoms.